The van der Waals surface area contributed by atoms with Crippen molar-refractivity contribution < 1.29 is 28.6 Å². The Kier molecular flexibility index (Phi) is 6.68. The van der Waals surface area contributed by atoms with Crippen LogP contribution in [0.4, 0.5) is 4.79 Å². The number of rotatable bonds is 7. The van der Waals surface area contributed by atoms with Crippen molar-refractivity contribution in [2.24, 2.45) is 0 Å². The zero-order valence-corrected chi connectivity index (χ0v) is 15.9. The van der Waals surface area contributed by atoms with Gasteiger partial charge in [-0.25, -0.2) is 0 Å². The van der Waals surface area contributed by atoms with E-state index in [1.165, 1.54) is 14.2 Å². The lowest BCUT2D eigenvalue weighted by Crippen LogP contribution is -2.35. The standard InChI is InChI=1S/C18H21NO6S/c1-5-11(2)25-16(20)10-19-17(21)15(26-18(19)22)8-12-6-7-13(23-3)9-14(12)24-4/h6-9,11H,5,10H2,1-4H3/b15-8+/t11-/m1/s1. The van der Waals surface area contributed by atoms with E-state index in [1.807, 2.05) is 6.92 Å². The molecule has 7 nitrogen and oxygen atoms in total. The molecule has 0 bridgehead atoms. The maximum atomic E-state index is 12.5. The van der Waals surface area contributed by atoms with Gasteiger partial charge in [0.05, 0.1) is 25.2 Å². The van der Waals surface area contributed by atoms with Gasteiger partial charge < -0.3 is 14.2 Å². The third-order valence-electron chi connectivity index (χ3n) is 3.80. The Balaban J connectivity index is 2.18. The largest absolute Gasteiger partial charge is 0.497 e. The van der Waals surface area contributed by atoms with Gasteiger partial charge in [-0.1, -0.05) is 6.92 Å². The van der Waals surface area contributed by atoms with Gasteiger partial charge in [-0.15, -0.1) is 0 Å². The molecular weight excluding hydrogens is 358 g/mol. The van der Waals surface area contributed by atoms with Crippen molar-refractivity contribution in [1.82, 2.24) is 4.90 Å². The third kappa shape index (κ3) is 4.57. The van der Waals surface area contributed by atoms with Crippen molar-refractivity contribution in [3.05, 3.63) is 28.7 Å². The average Bonchev–Trinajstić information content (AvgIpc) is 2.89. The van der Waals surface area contributed by atoms with Crippen molar-refractivity contribution in [2.45, 2.75) is 26.4 Å². The number of nitrogens with zero attached hydrogens (tertiary/aromatic N) is 1. The first-order valence-electron chi connectivity index (χ1n) is 8.06. The van der Waals surface area contributed by atoms with Gasteiger partial charge in [0.25, 0.3) is 11.1 Å². The van der Waals surface area contributed by atoms with Crippen LogP contribution >= 0.6 is 11.8 Å². The molecule has 0 unspecified atom stereocenters. The van der Waals surface area contributed by atoms with Gasteiger partial charge in [0, 0.05) is 11.6 Å². The molecule has 1 aliphatic rings. The van der Waals surface area contributed by atoms with Crippen LogP contribution in [0.3, 0.4) is 0 Å². The minimum absolute atomic E-state index is 0.217. The highest BCUT2D eigenvalue weighted by atomic mass is 32.2. The molecule has 1 atom stereocenters. The second kappa shape index (κ2) is 8.75. The van der Waals surface area contributed by atoms with Gasteiger partial charge in [-0.3, -0.25) is 19.3 Å². The molecule has 2 rings (SSSR count). The number of methoxy groups -OCH3 is 2. The number of amides is 2. The number of imide groups is 1. The quantitative estimate of drug-likeness (QED) is 0.532. The van der Waals surface area contributed by atoms with Gasteiger partial charge in [-0.2, -0.15) is 0 Å². The molecule has 0 aliphatic carbocycles. The predicted octanol–water partition coefficient (Wildman–Crippen LogP) is 3.08. The Labute approximate surface area is 156 Å². The van der Waals surface area contributed by atoms with E-state index in [2.05, 4.69) is 0 Å². The summed E-state index contributed by atoms with van der Waals surface area (Å²) in [4.78, 5) is 37.5. The zero-order chi connectivity index (χ0) is 19.3. The number of esters is 1. The van der Waals surface area contributed by atoms with Crippen LogP contribution in [0, 0.1) is 0 Å². The first kappa shape index (κ1) is 19.8. The summed E-state index contributed by atoms with van der Waals surface area (Å²) in [6.45, 7) is 3.23. The third-order valence-corrected chi connectivity index (χ3v) is 4.70. The molecule has 0 radical (unpaired) electrons. The lowest BCUT2D eigenvalue weighted by atomic mass is 10.1. The van der Waals surface area contributed by atoms with Crippen molar-refractivity contribution >= 4 is 35.0 Å². The lowest BCUT2D eigenvalue weighted by molar-refractivity contribution is -0.150. The summed E-state index contributed by atoms with van der Waals surface area (Å²) in [5.41, 5.74) is 0.626. The van der Waals surface area contributed by atoms with E-state index in [4.69, 9.17) is 14.2 Å². The number of hydrogen-bond donors (Lipinski definition) is 0. The van der Waals surface area contributed by atoms with Crippen LogP contribution in [-0.2, 0) is 14.3 Å². The Morgan fingerprint density at radius 2 is 2.00 bits per heavy atom. The highest BCUT2D eigenvalue weighted by molar-refractivity contribution is 8.18. The summed E-state index contributed by atoms with van der Waals surface area (Å²) in [6, 6.07) is 5.13. The molecule has 1 aromatic carbocycles. The van der Waals surface area contributed by atoms with Crippen LogP contribution < -0.4 is 9.47 Å². The Morgan fingerprint density at radius 3 is 2.62 bits per heavy atom. The van der Waals surface area contributed by atoms with Crippen LogP contribution in [-0.4, -0.2) is 48.9 Å². The highest BCUT2D eigenvalue weighted by Crippen LogP contribution is 2.34. The molecule has 1 heterocycles. The fraction of sp³-hybridized carbons (Fsp3) is 0.389. The number of ether oxygens (including phenoxy) is 3. The predicted molar refractivity (Wildman–Crippen MR) is 98.1 cm³/mol. The van der Waals surface area contributed by atoms with Crippen molar-refractivity contribution in [1.29, 1.82) is 0 Å². The molecule has 140 valence electrons. The monoisotopic (exact) mass is 379 g/mol. The molecule has 1 saturated heterocycles. The number of benzene rings is 1. The van der Waals surface area contributed by atoms with Crippen LogP contribution in [0.25, 0.3) is 6.08 Å². The molecule has 0 saturated carbocycles. The van der Waals surface area contributed by atoms with Gasteiger partial charge in [-0.05, 0) is 43.3 Å². The molecule has 1 aromatic rings. The Morgan fingerprint density at radius 1 is 1.27 bits per heavy atom. The smallest absolute Gasteiger partial charge is 0.326 e. The van der Waals surface area contributed by atoms with Crippen LogP contribution in [0.2, 0.25) is 0 Å². The number of carbonyl (C=O) groups excluding carboxylic acids is 3. The Hall–Kier alpha value is -2.48. The summed E-state index contributed by atoms with van der Waals surface area (Å²) >= 11 is 0.776. The molecule has 26 heavy (non-hydrogen) atoms. The number of hydrogen-bond acceptors (Lipinski definition) is 7. The van der Waals surface area contributed by atoms with Gasteiger partial charge >= 0.3 is 5.97 Å². The first-order valence-corrected chi connectivity index (χ1v) is 8.88. The van der Waals surface area contributed by atoms with E-state index >= 15 is 0 Å². The molecule has 0 spiro atoms. The van der Waals surface area contributed by atoms with E-state index < -0.39 is 23.7 Å². The highest BCUT2D eigenvalue weighted by Gasteiger charge is 2.37. The summed E-state index contributed by atoms with van der Waals surface area (Å²) < 4.78 is 15.6. The first-order chi connectivity index (χ1) is 12.4. The van der Waals surface area contributed by atoms with E-state index in [0.29, 0.717) is 23.5 Å². The molecular formula is C18H21NO6S. The minimum Gasteiger partial charge on any atom is -0.497 e. The van der Waals surface area contributed by atoms with Crippen LogP contribution in [0.1, 0.15) is 25.8 Å². The molecule has 0 aromatic heterocycles. The second-order valence-electron chi connectivity index (χ2n) is 5.58. The summed E-state index contributed by atoms with van der Waals surface area (Å²) in [6.07, 6.45) is 1.95. The number of thioether (sulfide) groups is 1. The van der Waals surface area contributed by atoms with Crippen molar-refractivity contribution in [2.75, 3.05) is 20.8 Å². The molecule has 2 amide bonds. The topological polar surface area (TPSA) is 82.1 Å². The number of carbonyl (C=O) groups is 3. The van der Waals surface area contributed by atoms with Gasteiger partial charge in [0.2, 0.25) is 0 Å². The summed E-state index contributed by atoms with van der Waals surface area (Å²) in [5, 5.41) is -0.505. The minimum atomic E-state index is -0.607. The summed E-state index contributed by atoms with van der Waals surface area (Å²) in [7, 11) is 3.04. The van der Waals surface area contributed by atoms with E-state index in [-0.39, 0.29) is 11.0 Å². The molecule has 1 fully saturated rings. The van der Waals surface area contributed by atoms with Gasteiger partial charge in [0.15, 0.2) is 0 Å². The fourth-order valence-corrected chi connectivity index (χ4v) is 3.02. The van der Waals surface area contributed by atoms with Crippen LogP contribution in [0.5, 0.6) is 11.5 Å². The normalized spacial score (nSPS) is 16.8. The Bertz CT molecular complexity index is 745. The maximum absolute atomic E-state index is 12.5. The van der Waals surface area contributed by atoms with E-state index in [9.17, 15) is 14.4 Å². The maximum Gasteiger partial charge on any atom is 0.326 e. The van der Waals surface area contributed by atoms with Gasteiger partial charge in [0.1, 0.15) is 18.0 Å². The van der Waals surface area contributed by atoms with Crippen LogP contribution in [0.15, 0.2) is 23.1 Å². The van der Waals surface area contributed by atoms with E-state index in [0.717, 1.165) is 16.7 Å². The average molecular weight is 379 g/mol. The molecule has 0 N–H and O–H groups in total. The fourth-order valence-electron chi connectivity index (χ4n) is 2.19. The van der Waals surface area contributed by atoms with E-state index in [1.54, 1.807) is 31.2 Å². The SMILES string of the molecule is CC[C@@H](C)OC(=O)CN1C(=O)S/C(=C/c2ccc(OC)cc2OC)C1=O. The lowest BCUT2D eigenvalue weighted by Gasteiger charge is -2.14. The molecule has 1 aliphatic heterocycles. The van der Waals surface area contributed by atoms with Crippen molar-refractivity contribution in [3.63, 3.8) is 0 Å². The summed E-state index contributed by atoms with van der Waals surface area (Å²) in [5.74, 6) is -0.0175. The second-order valence-corrected chi connectivity index (χ2v) is 6.58. The molecule has 8 heteroatoms. The zero-order valence-electron chi connectivity index (χ0n) is 15.1. The van der Waals surface area contributed by atoms with Crippen molar-refractivity contribution in [3.8, 4) is 11.5 Å².